The number of alkyl carbamates (subject to hydrolysis) is 1. The molecule has 2 N–H and O–H groups in total. The minimum atomic E-state index is -0.520. The molecule has 3 fully saturated rings. The average Bonchev–Trinajstić information content (AvgIpc) is 3.39. The van der Waals surface area contributed by atoms with Crippen LogP contribution in [-0.2, 0) is 25.4 Å². The van der Waals surface area contributed by atoms with Crippen molar-refractivity contribution in [2.24, 2.45) is 5.92 Å². The van der Waals surface area contributed by atoms with E-state index in [1.54, 1.807) is 11.1 Å². The van der Waals surface area contributed by atoms with Crippen molar-refractivity contribution in [3.63, 3.8) is 0 Å². The Morgan fingerprint density at radius 3 is 2.43 bits per heavy atom. The SMILES string of the molecule is CC(C)(C)OC(=O)NCc1cccc(C2CCN(C(=O)C3CC4C(CC5=C(CCCCC5)C4B4OC(C)(C)C(C)(C)O4)N3)CC2)c1. The van der Waals surface area contributed by atoms with Crippen molar-refractivity contribution in [1.82, 2.24) is 15.5 Å². The summed E-state index contributed by atoms with van der Waals surface area (Å²) in [4.78, 5) is 28.3. The molecule has 4 unspecified atom stereocenters. The van der Waals surface area contributed by atoms with E-state index in [-0.39, 0.29) is 36.1 Å². The van der Waals surface area contributed by atoms with E-state index in [0.29, 0.717) is 24.4 Å². The maximum Gasteiger partial charge on any atom is 0.465 e. The smallest absolute Gasteiger partial charge is 0.444 e. The standard InChI is InChI=1S/C37H56BN3O5/c1-35(2,3)44-34(43)39-23-24-12-11-14-26(20-24)25-16-18-41(19-17-25)33(42)31-22-29-30(40-31)21-27-13-9-8-10-15-28(27)32(29)38-45-36(4,5)37(6,7)46-38/h11-12,14,20,25,29-32,40H,8-10,13,15-19,21-23H2,1-7H3,(H,39,43). The molecule has 2 amide bonds. The molecule has 0 saturated carbocycles. The van der Waals surface area contributed by atoms with Gasteiger partial charge in [-0.25, -0.2) is 4.79 Å². The Bertz CT molecular complexity index is 1310. The number of carbonyl (C=O) groups is 2. The van der Waals surface area contributed by atoms with Gasteiger partial charge in [0, 0.05) is 31.5 Å². The van der Waals surface area contributed by atoms with Crippen molar-refractivity contribution >= 4 is 19.1 Å². The Labute approximate surface area is 276 Å². The van der Waals surface area contributed by atoms with Crippen LogP contribution in [0.4, 0.5) is 4.79 Å². The van der Waals surface area contributed by atoms with Crippen LogP contribution in [0.2, 0.25) is 5.82 Å². The number of carbonyl (C=O) groups excluding carboxylic acids is 2. The van der Waals surface area contributed by atoms with Crippen LogP contribution in [0, 0.1) is 5.92 Å². The minimum Gasteiger partial charge on any atom is -0.444 e. The molecule has 4 atom stereocenters. The molecule has 1 aromatic rings. The van der Waals surface area contributed by atoms with E-state index in [9.17, 15) is 9.59 Å². The van der Waals surface area contributed by atoms with E-state index in [1.807, 2.05) is 26.8 Å². The van der Waals surface area contributed by atoms with Gasteiger partial charge < -0.3 is 29.6 Å². The van der Waals surface area contributed by atoms with Gasteiger partial charge in [-0.2, -0.15) is 0 Å². The Kier molecular flexibility index (Phi) is 9.42. The molecule has 8 nitrogen and oxygen atoms in total. The third-order valence-electron chi connectivity index (χ3n) is 11.6. The molecule has 252 valence electrons. The second-order valence-electron chi connectivity index (χ2n) is 16.5. The number of allylic oxidation sites excluding steroid dienone is 1. The highest BCUT2D eigenvalue weighted by Gasteiger charge is 2.59. The molecule has 3 aliphatic heterocycles. The number of fused-ring (bicyclic) bond motifs is 1. The maximum absolute atomic E-state index is 14.0. The summed E-state index contributed by atoms with van der Waals surface area (Å²) in [6.07, 6.45) is 9.48. The predicted molar refractivity (Wildman–Crippen MR) is 181 cm³/mol. The first kappa shape index (κ1) is 33.5. The van der Waals surface area contributed by atoms with Gasteiger partial charge in [-0.1, -0.05) is 41.8 Å². The highest BCUT2D eigenvalue weighted by molar-refractivity contribution is 6.48. The number of hydrogen-bond donors (Lipinski definition) is 2. The van der Waals surface area contributed by atoms with Gasteiger partial charge in [0.15, 0.2) is 0 Å². The van der Waals surface area contributed by atoms with Crippen LogP contribution >= 0.6 is 0 Å². The van der Waals surface area contributed by atoms with Gasteiger partial charge in [-0.15, -0.1) is 0 Å². The highest BCUT2D eigenvalue weighted by atomic mass is 16.7. The highest BCUT2D eigenvalue weighted by Crippen LogP contribution is 2.54. The number of benzene rings is 1. The molecule has 3 heterocycles. The number of nitrogens with zero attached hydrogens (tertiary/aromatic N) is 1. The molecule has 0 bridgehead atoms. The van der Waals surface area contributed by atoms with Crippen molar-refractivity contribution in [3.8, 4) is 0 Å². The van der Waals surface area contributed by atoms with E-state index in [0.717, 1.165) is 50.8 Å². The zero-order valence-electron chi connectivity index (χ0n) is 29.2. The summed E-state index contributed by atoms with van der Waals surface area (Å²) in [5.74, 6) is 1.21. The van der Waals surface area contributed by atoms with Crippen LogP contribution in [0.1, 0.15) is 123 Å². The molecule has 9 heteroatoms. The Morgan fingerprint density at radius 2 is 1.74 bits per heavy atom. The second-order valence-corrected chi connectivity index (χ2v) is 16.5. The monoisotopic (exact) mass is 633 g/mol. The van der Waals surface area contributed by atoms with Gasteiger partial charge in [-0.3, -0.25) is 4.79 Å². The molecule has 6 rings (SSSR count). The zero-order chi connectivity index (χ0) is 32.9. The van der Waals surface area contributed by atoms with Crippen LogP contribution in [0.15, 0.2) is 35.4 Å². The summed E-state index contributed by atoms with van der Waals surface area (Å²) >= 11 is 0. The summed E-state index contributed by atoms with van der Waals surface area (Å²) < 4.78 is 18.8. The minimum absolute atomic E-state index is 0.151. The van der Waals surface area contributed by atoms with Gasteiger partial charge in [0.05, 0.1) is 17.2 Å². The van der Waals surface area contributed by atoms with Crippen LogP contribution in [-0.4, -0.2) is 66.0 Å². The molecule has 0 radical (unpaired) electrons. The molecule has 0 spiro atoms. The predicted octanol–water partition coefficient (Wildman–Crippen LogP) is 6.89. The number of likely N-dealkylation sites (tertiary alicyclic amines) is 1. The molecule has 5 aliphatic rings. The fourth-order valence-electron chi connectivity index (χ4n) is 8.49. The van der Waals surface area contributed by atoms with Crippen LogP contribution in [0.5, 0.6) is 0 Å². The van der Waals surface area contributed by atoms with E-state index in [1.165, 1.54) is 31.2 Å². The summed E-state index contributed by atoms with van der Waals surface area (Å²) in [5.41, 5.74) is 4.26. The summed E-state index contributed by atoms with van der Waals surface area (Å²) in [6.45, 7) is 16.2. The van der Waals surface area contributed by atoms with Crippen molar-refractivity contribution < 1.29 is 23.6 Å². The van der Waals surface area contributed by atoms with Gasteiger partial charge in [-0.05, 0) is 123 Å². The number of piperidine rings is 1. The quantitative estimate of drug-likeness (QED) is 0.271. The maximum atomic E-state index is 14.0. The van der Waals surface area contributed by atoms with Crippen LogP contribution < -0.4 is 10.6 Å². The lowest BCUT2D eigenvalue weighted by Crippen LogP contribution is -2.48. The van der Waals surface area contributed by atoms with Gasteiger partial charge in [0.25, 0.3) is 0 Å². The average molecular weight is 634 g/mol. The third kappa shape index (κ3) is 7.07. The third-order valence-corrected chi connectivity index (χ3v) is 11.6. The Balaban J connectivity index is 1.08. The van der Waals surface area contributed by atoms with Crippen LogP contribution in [0.25, 0.3) is 0 Å². The first-order chi connectivity index (χ1) is 21.7. The van der Waals surface area contributed by atoms with Crippen molar-refractivity contribution in [1.29, 1.82) is 0 Å². The number of rotatable bonds is 5. The van der Waals surface area contributed by atoms with E-state index in [2.05, 4.69) is 61.4 Å². The zero-order valence-corrected chi connectivity index (χ0v) is 29.2. The normalized spacial score (nSPS) is 29.6. The lowest BCUT2D eigenvalue weighted by atomic mass is 9.55. The van der Waals surface area contributed by atoms with E-state index < -0.39 is 11.7 Å². The molecular weight excluding hydrogens is 577 g/mol. The molecular formula is C37H56BN3O5. The summed E-state index contributed by atoms with van der Waals surface area (Å²) in [5, 5.41) is 6.71. The lowest BCUT2D eigenvalue weighted by Gasteiger charge is -2.38. The Morgan fingerprint density at radius 1 is 1.04 bits per heavy atom. The van der Waals surface area contributed by atoms with Gasteiger partial charge in [0.2, 0.25) is 5.91 Å². The fraction of sp³-hybridized carbons (Fsp3) is 0.730. The van der Waals surface area contributed by atoms with Gasteiger partial charge >= 0.3 is 13.2 Å². The second kappa shape index (κ2) is 12.9. The fourth-order valence-corrected chi connectivity index (χ4v) is 8.49. The Hall–Kier alpha value is -2.36. The van der Waals surface area contributed by atoms with E-state index >= 15 is 0 Å². The van der Waals surface area contributed by atoms with Gasteiger partial charge in [0.1, 0.15) is 5.60 Å². The van der Waals surface area contributed by atoms with E-state index in [4.69, 9.17) is 14.0 Å². The molecule has 3 saturated heterocycles. The first-order valence-electron chi connectivity index (χ1n) is 17.9. The molecule has 0 aromatic heterocycles. The number of amides is 2. The van der Waals surface area contributed by atoms with Crippen molar-refractivity contribution in [2.45, 2.75) is 153 Å². The number of hydrogen-bond acceptors (Lipinski definition) is 6. The van der Waals surface area contributed by atoms with Crippen LogP contribution in [0.3, 0.4) is 0 Å². The molecule has 46 heavy (non-hydrogen) atoms. The van der Waals surface area contributed by atoms with Crippen molar-refractivity contribution in [3.05, 3.63) is 46.5 Å². The summed E-state index contributed by atoms with van der Waals surface area (Å²) in [7, 11) is -0.262. The molecule has 2 aliphatic carbocycles. The largest absolute Gasteiger partial charge is 0.465 e. The lowest BCUT2D eigenvalue weighted by molar-refractivity contribution is -0.134. The first-order valence-corrected chi connectivity index (χ1v) is 17.9. The molecule has 1 aromatic carbocycles. The number of ether oxygens (including phenoxy) is 1. The summed E-state index contributed by atoms with van der Waals surface area (Å²) in [6, 6.07) is 8.61. The topological polar surface area (TPSA) is 89.1 Å². The van der Waals surface area contributed by atoms with Crippen molar-refractivity contribution in [2.75, 3.05) is 13.1 Å². The number of nitrogens with one attached hydrogen (secondary N) is 2.